The molecule has 0 bridgehead atoms. The van der Waals surface area contributed by atoms with Gasteiger partial charge in [-0.3, -0.25) is 14.4 Å². The van der Waals surface area contributed by atoms with Crippen LogP contribution < -0.4 is 0 Å². The van der Waals surface area contributed by atoms with Crippen molar-refractivity contribution in [2.24, 2.45) is 5.92 Å². The molecular weight excluding hydrogens is 344 g/mol. The minimum absolute atomic E-state index is 0.0557. The number of terminal acetylenes is 1. The van der Waals surface area contributed by atoms with Crippen LogP contribution in [0.1, 0.15) is 40.5 Å². The van der Waals surface area contributed by atoms with Crippen LogP contribution in [0, 0.1) is 18.3 Å². The van der Waals surface area contributed by atoms with Gasteiger partial charge in [0.1, 0.15) is 0 Å². The summed E-state index contributed by atoms with van der Waals surface area (Å²) in [4.78, 5) is 34.2. The molecule has 0 aromatic carbocycles. The third-order valence-electron chi connectivity index (χ3n) is 3.66. The highest BCUT2D eigenvalue weighted by Crippen LogP contribution is 2.25. The van der Waals surface area contributed by atoms with Crippen LogP contribution in [0.2, 0.25) is 0 Å². The fraction of sp³-hybridized carbons (Fsp3) is 0.722. The fourth-order valence-corrected chi connectivity index (χ4v) is 2.54. The molecule has 1 heterocycles. The first kappa shape index (κ1) is 21.9. The minimum atomic E-state index is -1.06. The lowest BCUT2D eigenvalue weighted by atomic mass is 10.0. The van der Waals surface area contributed by atoms with Gasteiger partial charge in [-0.2, -0.15) is 0 Å². The second-order valence-electron chi connectivity index (χ2n) is 6.17. The van der Waals surface area contributed by atoms with E-state index in [-0.39, 0.29) is 12.5 Å². The highest BCUT2D eigenvalue weighted by Gasteiger charge is 2.47. The van der Waals surface area contributed by atoms with Crippen LogP contribution in [0.4, 0.5) is 0 Å². The Labute approximate surface area is 153 Å². The first-order valence-corrected chi connectivity index (χ1v) is 8.42. The number of ether oxygens (including phenoxy) is 5. The monoisotopic (exact) mass is 370 g/mol. The number of carbonyl (C=O) groups excluding carboxylic acids is 3. The van der Waals surface area contributed by atoms with E-state index < -0.39 is 42.5 Å². The van der Waals surface area contributed by atoms with Gasteiger partial charge in [0.15, 0.2) is 24.6 Å². The van der Waals surface area contributed by atoms with E-state index in [0.29, 0.717) is 19.4 Å². The summed E-state index contributed by atoms with van der Waals surface area (Å²) < 4.78 is 26.8. The quantitative estimate of drug-likeness (QED) is 0.357. The highest BCUT2D eigenvalue weighted by atomic mass is 16.7. The topological polar surface area (TPSA) is 97.4 Å². The van der Waals surface area contributed by atoms with Crippen LogP contribution in [0.15, 0.2) is 0 Å². The van der Waals surface area contributed by atoms with Gasteiger partial charge in [-0.1, -0.05) is 6.92 Å². The zero-order valence-electron chi connectivity index (χ0n) is 15.6. The summed E-state index contributed by atoms with van der Waals surface area (Å²) in [6, 6.07) is 0. The maximum Gasteiger partial charge on any atom is 0.303 e. The van der Waals surface area contributed by atoms with Gasteiger partial charge in [0, 0.05) is 27.2 Å². The largest absolute Gasteiger partial charge is 0.456 e. The predicted octanol–water partition coefficient (Wildman–Crippen LogP) is 1.20. The molecule has 8 nitrogen and oxygen atoms in total. The Morgan fingerprint density at radius 1 is 1.08 bits per heavy atom. The molecule has 0 aromatic rings. The Morgan fingerprint density at radius 3 is 2.19 bits per heavy atom. The Bertz CT molecular complexity index is 538. The van der Waals surface area contributed by atoms with E-state index in [9.17, 15) is 14.4 Å². The van der Waals surface area contributed by atoms with Crippen molar-refractivity contribution < 1.29 is 38.1 Å². The van der Waals surface area contributed by atoms with Gasteiger partial charge in [0.25, 0.3) is 0 Å². The summed E-state index contributed by atoms with van der Waals surface area (Å²) >= 11 is 0. The van der Waals surface area contributed by atoms with E-state index in [1.165, 1.54) is 20.8 Å². The molecule has 0 N–H and O–H groups in total. The van der Waals surface area contributed by atoms with Crippen LogP contribution in [-0.4, -0.2) is 55.7 Å². The molecule has 0 aliphatic carbocycles. The van der Waals surface area contributed by atoms with E-state index in [2.05, 4.69) is 5.92 Å². The van der Waals surface area contributed by atoms with Crippen molar-refractivity contribution in [3.63, 3.8) is 0 Å². The van der Waals surface area contributed by atoms with Crippen LogP contribution in [0.3, 0.4) is 0 Å². The molecule has 26 heavy (non-hydrogen) atoms. The fourth-order valence-electron chi connectivity index (χ4n) is 2.54. The molecule has 0 spiro atoms. The smallest absolute Gasteiger partial charge is 0.303 e. The summed E-state index contributed by atoms with van der Waals surface area (Å²) in [5, 5.41) is 0. The van der Waals surface area contributed by atoms with Crippen molar-refractivity contribution in [2.45, 2.75) is 65.1 Å². The third-order valence-corrected chi connectivity index (χ3v) is 3.66. The average Bonchev–Trinajstić information content (AvgIpc) is 2.51. The van der Waals surface area contributed by atoms with Crippen LogP contribution in [-0.2, 0) is 38.1 Å². The Hall–Kier alpha value is -2.11. The second-order valence-corrected chi connectivity index (χ2v) is 6.17. The van der Waals surface area contributed by atoms with Crippen molar-refractivity contribution in [1.82, 2.24) is 0 Å². The number of esters is 3. The van der Waals surface area contributed by atoms with Crippen LogP contribution in [0.5, 0.6) is 0 Å². The number of rotatable bonds is 8. The molecule has 1 aliphatic rings. The molecule has 0 radical (unpaired) electrons. The van der Waals surface area contributed by atoms with Crippen molar-refractivity contribution in [3.8, 4) is 12.3 Å². The molecular formula is C18H26O8. The van der Waals surface area contributed by atoms with E-state index in [0.717, 1.165) is 0 Å². The standard InChI is InChI=1S/C18H26O8/c1-6-7-11(2)8-9-22-18-17(26-14(5)21)16(25-13(4)20)15(10-23-18)24-12(3)19/h1,11,15-18H,7-10H2,2-5H3/t11?,15-,16-,17-,18?/m1/s1. The summed E-state index contributed by atoms with van der Waals surface area (Å²) in [6.45, 7) is 5.90. The van der Waals surface area contributed by atoms with E-state index >= 15 is 0 Å². The van der Waals surface area contributed by atoms with Gasteiger partial charge < -0.3 is 23.7 Å². The zero-order chi connectivity index (χ0) is 19.7. The Kier molecular flexibility index (Phi) is 9.10. The van der Waals surface area contributed by atoms with Crippen molar-refractivity contribution in [2.75, 3.05) is 13.2 Å². The normalized spacial score (nSPS) is 26.3. The van der Waals surface area contributed by atoms with Gasteiger partial charge in [-0.25, -0.2) is 0 Å². The molecule has 146 valence electrons. The SMILES string of the molecule is C#CCC(C)CCOC1OC[C@@H](OC(C)=O)[C@@H](OC(C)=O)[C@H]1OC(C)=O. The first-order chi connectivity index (χ1) is 12.2. The Balaban J connectivity index is 2.85. The summed E-state index contributed by atoms with van der Waals surface area (Å²) in [5.41, 5.74) is 0. The van der Waals surface area contributed by atoms with Gasteiger partial charge in [-0.15, -0.1) is 12.3 Å². The molecule has 1 rings (SSSR count). The zero-order valence-corrected chi connectivity index (χ0v) is 15.6. The van der Waals surface area contributed by atoms with Gasteiger partial charge >= 0.3 is 17.9 Å². The summed E-state index contributed by atoms with van der Waals surface area (Å²) in [5.74, 6) is 1.06. The van der Waals surface area contributed by atoms with Crippen molar-refractivity contribution in [3.05, 3.63) is 0 Å². The van der Waals surface area contributed by atoms with Gasteiger partial charge in [0.05, 0.1) is 13.2 Å². The summed E-state index contributed by atoms with van der Waals surface area (Å²) in [6.07, 6.45) is 2.64. The van der Waals surface area contributed by atoms with Crippen molar-refractivity contribution >= 4 is 17.9 Å². The van der Waals surface area contributed by atoms with Crippen molar-refractivity contribution in [1.29, 1.82) is 0 Å². The first-order valence-electron chi connectivity index (χ1n) is 8.42. The molecule has 1 saturated heterocycles. The maximum absolute atomic E-state index is 11.5. The number of hydrogen-bond acceptors (Lipinski definition) is 8. The molecule has 5 atom stereocenters. The maximum atomic E-state index is 11.5. The van der Waals surface area contributed by atoms with E-state index in [1.54, 1.807) is 0 Å². The lowest BCUT2D eigenvalue weighted by molar-refractivity contribution is -0.281. The summed E-state index contributed by atoms with van der Waals surface area (Å²) in [7, 11) is 0. The third kappa shape index (κ3) is 7.42. The molecule has 0 aromatic heterocycles. The van der Waals surface area contributed by atoms with Gasteiger partial charge in [0.2, 0.25) is 0 Å². The number of carbonyl (C=O) groups is 3. The van der Waals surface area contributed by atoms with E-state index in [1.807, 2.05) is 6.92 Å². The molecule has 8 heteroatoms. The minimum Gasteiger partial charge on any atom is -0.456 e. The van der Waals surface area contributed by atoms with Crippen LogP contribution in [0.25, 0.3) is 0 Å². The molecule has 0 saturated carbocycles. The molecule has 2 unspecified atom stereocenters. The molecule has 1 fully saturated rings. The lowest BCUT2D eigenvalue weighted by Gasteiger charge is -2.40. The van der Waals surface area contributed by atoms with E-state index in [4.69, 9.17) is 30.1 Å². The van der Waals surface area contributed by atoms with Crippen LogP contribution >= 0.6 is 0 Å². The Morgan fingerprint density at radius 2 is 1.65 bits per heavy atom. The molecule has 1 aliphatic heterocycles. The average molecular weight is 370 g/mol. The highest BCUT2D eigenvalue weighted by molar-refractivity contribution is 5.68. The molecule has 0 amide bonds. The lowest BCUT2D eigenvalue weighted by Crippen LogP contribution is -2.58. The second kappa shape index (κ2) is 10.8. The number of hydrogen-bond donors (Lipinski definition) is 0. The predicted molar refractivity (Wildman–Crippen MR) is 89.6 cm³/mol. The van der Waals surface area contributed by atoms with Gasteiger partial charge in [-0.05, 0) is 12.3 Å².